The average molecular weight is 427 g/mol. The molecule has 8 heteroatoms. The van der Waals surface area contributed by atoms with Gasteiger partial charge in [0.1, 0.15) is 5.82 Å². The number of carbonyl (C=O) groups is 2. The summed E-state index contributed by atoms with van der Waals surface area (Å²) in [5, 5.41) is 3.96. The molecule has 0 spiro atoms. The molecule has 1 saturated heterocycles. The van der Waals surface area contributed by atoms with E-state index in [1.807, 2.05) is 29.2 Å². The highest BCUT2D eigenvalue weighted by atomic mass is 32.1. The summed E-state index contributed by atoms with van der Waals surface area (Å²) in [6.45, 7) is 2.97. The van der Waals surface area contributed by atoms with Crippen LogP contribution in [-0.4, -0.2) is 65.9 Å². The molecule has 0 saturated carbocycles. The second kappa shape index (κ2) is 9.32. The molecule has 0 unspecified atom stereocenters. The Labute approximate surface area is 178 Å². The molecule has 1 aliphatic rings. The van der Waals surface area contributed by atoms with Crippen molar-refractivity contribution in [1.29, 1.82) is 0 Å². The molecule has 0 atom stereocenters. The number of nitrogens with one attached hydrogen (secondary N) is 1. The summed E-state index contributed by atoms with van der Waals surface area (Å²) in [6, 6.07) is 14.0. The molecule has 0 aliphatic carbocycles. The molecule has 3 aromatic rings. The van der Waals surface area contributed by atoms with Crippen molar-refractivity contribution in [2.75, 3.05) is 39.3 Å². The van der Waals surface area contributed by atoms with Crippen LogP contribution in [-0.2, 0) is 11.2 Å². The third-order valence-electron chi connectivity index (χ3n) is 5.13. The van der Waals surface area contributed by atoms with Gasteiger partial charge in [-0.25, -0.2) is 9.37 Å². The normalized spacial score (nSPS) is 14.8. The highest BCUT2D eigenvalue weighted by Crippen LogP contribution is 2.21. The van der Waals surface area contributed by atoms with Gasteiger partial charge in [0.15, 0.2) is 0 Å². The minimum atomic E-state index is -0.502. The minimum Gasteiger partial charge on any atom is -0.355 e. The van der Waals surface area contributed by atoms with E-state index >= 15 is 0 Å². The van der Waals surface area contributed by atoms with E-state index in [4.69, 9.17) is 0 Å². The van der Waals surface area contributed by atoms with E-state index in [-0.39, 0.29) is 17.4 Å². The fraction of sp³-hybridized carbons (Fsp3) is 0.318. The van der Waals surface area contributed by atoms with Crippen LogP contribution in [0.2, 0.25) is 0 Å². The van der Waals surface area contributed by atoms with Crippen LogP contribution >= 0.6 is 11.3 Å². The lowest BCUT2D eigenvalue weighted by Gasteiger charge is -2.34. The molecular formula is C22H23FN4O2S. The second-order valence-electron chi connectivity index (χ2n) is 7.22. The van der Waals surface area contributed by atoms with Gasteiger partial charge in [-0.3, -0.25) is 14.5 Å². The van der Waals surface area contributed by atoms with E-state index in [0.29, 0.717) is 45.7 Å². The number of rotatable bonds is 6. The van der Waals surface area contributed by atoms with Gasteiger partial charge in [0.25, 0.3) is 5.91 Å². The molecule has 2 heterocycles. The lowest BCUT2D eigenvalue weighted by atomic mass is 10.1. The average Bonchev–Trinajstić information content (AvgIpc) is 3.17. The number of nitrogens with zero attached hydrogens (tertiary/aromatic N) is 3. The van der Waals surface area contributed by atoms with Crippen molar-refractivity contribution >= 4 is 33.4 Å². The predicted molar refractivity (Wildman–Crippen MR) is 115 cm³/mol. The first kappa shape index (κ1) is 20.4. The smallest absolute Gasteiger partial charge is 0.256 e. The highest BCUT2D eigenvalue weighted by Gasteiger charge is 2.24. The Balaban J connectivity index is 1.19. The van der Waals surface area contributed by atoms with Crippen molar-refractivity contribution in [3.8, 4) is 0 Å². The maximum absolute atomic E-state index is 13.8. The molecule has 2 amide bonds. The van der Waals surface area contributed by atoms with E-state index in [0.717, 1.165) is 15.2 Å². The summed E-state index contributed by atoms with van der Waals surface area (Å²) in [7, 11) is 0. The Bertz CT molecular complexity index is 1010. The van der Waals surface area contributed by atoms with Crippen molar-refractivity contribution in [3.63, 3.8) is 0 Å². The van der Waals surface area contributed by atoms with Crippen molar-refractivity contribution < 1.29 is 14.0 Å². The fourth-order valence-electron chi connectivity index (χ4n) is 3.51. The van der Waals surface area contributed by atoms with Crippen LogP contribution in [0, 0.1) is 5.82 Å². The Kier molecular flexibility index (Phi) is 6.35. The topological polar surface area (TPSA) is 65.5 Å². The van der Waals surface area contributed by atoms with Gasteiger partial charge in [-0.1, -0.05) is 24.3 Å². The van der Waals surface area contributed by atoms with Gasteiger partial charge in [0.05, 0.1) is 27.3 Å². The molecule has 30 heavy (non-hydrogen) atoms. The monoisotopic (exact) mass is 426 g/mol. The number of para-hydroxylation sites is 1. The van der Waals surface area contributed by atoms with E-state index in [9.17, 15) is 14.0 Å². The number of thiazole rings is 1. The van der Waals surface area contributed by atoms with Crippen LogP contribution in [0.25, 0.3) is 10.2 Å². The zero-order chi connectivity index (χ0) is 20.9. The molecule has 2 aromatic carbocycles. The van der Waals surface area contributed by atoms with Gasteiger partial charge < -0.3 is 10.2 Å². The molecule has 1 N–H and O–H groups in total. The van der Waals surface area contributed by atoms with E-state index in [1.54, 1.807) is 28.4 Å². The number of amides is 2. The summed E-state index contributed by atoms with van der Waals surface area (Å²) in [6.07, 6.45) is 0.704. The molecule has 4 rings (SSSR count). The molecule has 1 aliphatic heterocycles. The summed E-state index contributed by atoms with van der Waals surface area (Å²) in [4.78, 5) is 33.0. The quantitative estimate of drug-likeness (QED) is 0.658. The summed E-state index contributed by atoms with van der Waals surface area (Å²) < 4.78 is 15.0. The lowest BCUT2D eigenvalue weighted by molar-refractivity contribution is -0.122. The van der Waals surface area contributed by atoms with Crippen LogP contribution in [0.4, 0.5) is 4.39 Å². The molecule has 0 bridgehead atoms. The number of piperazine rings is 1. The van der Waals surface area contributed by atoms with Gasteiger partial charge in [0, 0.05) is 39.1 Å². The number of fused-ring (bicyclic) bond motifs is 1. The summed E-state index contributed by atoms with van der Waals surface area (Å²) in [5.74, 6) is -0.838. The minimum absolute atomic E-state index is 0.0370. The van der Waals surface area contributed by atoms with Crippen molar-refractivity contribution in [2.24, 2.45) is 0 Å². The molecule has 156 valence electrons. The van der Waals surface area contributed by atoms with Crippen LogP contribution in [0.15, 0.2) is 48.5 Å². The maximum atomic E-state index is 13.8. The fourth-order valence-corrected chi connectivity index (χ4v) is 4.48. The zero-order valence-electron chi connectivity index (χ0n) is 16.5. The van der Waals surface area contributed by atoms with Crippen molar-refractivity contribution in [2.45, 2.75) is 6.42 Å². The first-order valence-electron chi connectivity index (χ1n) is 9.97. The number of hydrogen-bond donors (Lipinski definition) is 1. The number of halogens is 1. The van der Waals surface area contributed by atoms with Crippen molar-refractivity contribution in [1.82, 2.24) is 20.1 Å². The predicted octanol–water partition coefficient (Wildman–Crippen LogP) is 2.55. The van der Waals surface area contributed by atoms with Crippen molar-refractivity contribution in [3.05, 3.63) is 64.9 Å². The molecule has 6 nitrogen and oxygen atoms in total. The lowest BCUT2D eigenvalue weighted by Crippen LogP contribution is -2.51. The van der Waals surface area contributed by atoms with E-state index in [2.05, 4.69) is 10.3 Å². The van der Waals surface area contributed by atoms with Gasteiger partial charge in [-0.05, 0) is 24.3 Å². The third kappa shape index (κ3) is 4.83. The van der Waals surface area contributed by atoms with Crippen LogP contribution in [0.3, 0.4) is 0 Å². The molecule has 0 radical (unpaired) electrons. The van der Waals surface area contributed by atoms with E-state index < -0.39 is 5.82 Å². The summed E-state index contributed by atoms with van der Waals surface area (Å²) in [5.41, 5.74) is 1.09. The highest BCUT2D eigenvalue weighted by molar-refractivity contribution is 7.18. The van der Waals surface area contributed by atoms with Crippen LogP contribution in [0.1, 0.15) is 15.4 Å². The van der Waals surface area contributed by atoms with Gasteiger partial charge in [0.2, 0.25) is 5.91 Å². The maximum Gasteiger partial charge on any atom is 0.256 e. The number of carbonyl (C=O) groups excluding carboxylic acids is 2. The van der Waals surface area contributed by atoms with E-state index in [1.165, 1.54) is 12.1 Å². The Morgan fingerprint density at radius 1 is 1.03 bits per heavy atom. The Morgan fingerprint density at radius 2 is 1.77 bits per heavy atom. The second-order valence-corrected chi connectivity index (χ2v) is 8.34. The Morgan fingerprint density at radius 3 is 2.53 bits per heavy atom. The SMILES string of the molecule is O=C(CN1CCN(C(=O)c2ccccc2F)CC1)NCCc1nc2ccccc2s1. The standard InChI is InChI=1S/C22H23FN4O2S/c23-17-6-2-1-5-16(17)22(29)27-13-11-26(12-14-27)15-20(28)24-10-9-21-25-18-7-3-4-8-19(18)30-21/h1-8H,9-15H2,(H,24,28). The molecule has 1 aromatic heterocycles. The van der Waals surface area contributed by atoms with Crippen LogP contribution in [0.5, 0.6) is 0 Å². The van der Waals surface area contributed by atoms with Gasteiger partial charge >= 0.3 is 0 Å². The third-order valence-corrected chi connectivity index (χ3v) is 6.23. The van der Waals surface area contributed by atoms with Crippen LogP contribution < -0.4 is 5.32 Å². The van der Waals surface area contributed by atoms with Gasteiger partial charge in [-0.15, -0.1) is 11.3 Å². The molecular weight excluding hydrogens is 403 g/mol. The first-order chi connectivity index (χ1) is 14.6. The zero-order valence-corrected chi connectivity index (χ0v) is 17.3. The summed E-state index contributed by atoms with van der Waals surface area (Å²) >= 11 is 1.65. The first-order valence-corrected chi connectivity index (χ1v) is 10.8. The number of aromatic nitrogens is 1. The largest absolute Gasteiger partial charge is 0.355 e. The molecule has 1 fully saturated rings. The number of benzene rings is 2. The number of hydrogen-bond acceptors (Lipinski definition) is 5. The van der Waals surface area contributed by atoms with Gasteiger partial charge in [-0.2, -0.15) is 0 Å². The Hall–Kier alpha value is -2.84.